The van der Waals surface area contributed by atoms with Gasteiger partial charge in [0.1, 0.15) is 0 Å². The van der Waals surface area contributed by atoms with Crippen LogP contribution in [0.4, 0.5) is 4.79 Å². The average molecular weight is 153 g/mol. The van der Waals surface area contributed by atoms with Crippen molar-refractivity contribution in [3.05, 3.63) is 0 Å². The average Bonchev–Trinajstić information content (AvgIpc) is 1.65. The predicted molar refractivity (Wildman–Crippen MR) is 12.8 cm³/mol. The summed E-state index contributed by atoms with van der Waals surface area (Å²) >= 11 is 0. The van der Waals surface area contributed by atoms with Gasteiger partial charge in [-0.2, -0.15) is 15.3 Å². The molecule has 0 aromatic carbocycles. The molecule has 0 unspecified atom stereocenters. The van der Waals surface area contributed by atoms with E-state index in [9.17, 15) is 4.79 Å². The maximum absolute atomic E-state index is 9.24. The van der Waals surface area contributed by atoms with Crippen molar-refractivity contribution in [3.8, 4) is 0 Å². The molecule has 0 amide bonds. The van der Waals surface area contributed by atoms with Gasteiger partial charge in [0.05, 0.1) is 0 Å². The molecule has 0 atom stereocenters. The number of rotatable bonds is 0. The van der Waals surface area contributed by atoms with Crippen LogP contribution in [0.1, 0.15) is 0 Å². The normalized spacial score (nSPS) is 6.00. The Morgan fingerprint density at radius 3 is 1.57 bits per heavy atom. The minimum absolute atomic E-state index is 0. The van der Waals surface area contributed by atoms with Crippen LogP contribution < -0.4 is 0 Å². The molecule has 0 heterocycles. The van der Waals surface area contributed by atoms with Gasteiger partial charge in [0, 0.05) is 16.5 Å². The molecule has 0 rings (SSSR count). The molecule has 0 bridgehead atoms. The second-order valence-electron chi connectivity index (χ2n) is 0.433. The summed E-state index contributed by atoms with van der Waals surface area (Å²) in [6, 6.07) is 0. The molecule has 46 valence electrons. The van der Waals surface area contributed by atoms with Crippen LogP contribution in [-0.4, -0.2) is 16.7 Å². The quantitative estimate of drug-likeness (QED) is 0.292. The molecule has 0 spiro atoms. The molecule has 0 radical (unpaired) electrons. The van der Waals surface area contributed by atoms with Crippen LogP contribution >= 0.6 is 0 Å². The van der Waals surface area contributed by atoms with Gasteiger partial charge in [-0.05, 0) is 0 Å². The molecule has 2 N–H and O–H groups in total. The van der Waals surface area contributed by atoms with E-state index in [-0.39, 0.29) is 16.5 Å². The first-order valence-electron chi connectivity index (χ1n) is 0.978. The second-order valence-corrected chi connectivity index (χ2v) is 0.433. The van der Waals surface area contributed by atoms with E-state index >= 15 is 0 Å². The molecule has 0 fully saturated rings. The Morgan fingerprint density at radius 2 is 1.57 bits per heavy atom. The van der Waals surface area contributed by atoms with Crippen molar-refractivity contribution in [1.82, 2.24) is 0 Å². The van der Waals surface area contributed by atoms with Gasteiger partial charge in [0.25, 0.3) is 0 Å². The molecule has 5 nitrogen and oxygen atoms in total. The molecule has 0 aliphatic rings. The molecule has 6 heteroatoms. The van der Waals surface area contributed by atoms with Crippen LogP contribution in [0.15, 0.2) is 0 Å². The third kappa shape index (κ3) is 5.68. The Morgan fingerprint density at radius 1 is 1.29 bits per heavy atom. The van der Waals surface area contributed by atoms with Gasteiger partial charge in [-0.25, -0.2) is 0 Å². The van der Waals surface area contributed by atoms with Crippen LogP contribution in [-0.2, 0) is 26.3 Å². The molecular weight excluding hydrogens is 151 g/mol. The van der Waals surface area contributed by atoms with Gasteiger partial charge >= 0.3 is 6.16 Å². The number of carbonyl (C=O) groups excluding carboxylic acids is 1. The Labute approximate surface area is 48.6 Å². The minimum atomic E-state index is -1.55. The largest absolute Gasteiger partial charge is 0.572 e. The van der Waals surface area contributed by atoms with E-state index in [1.165, 1.54) is 0 Å². The van der Waals surface area contributed by atoms with Crippen LogP contribution in [0.25, 0.3) is 0 Å². The van der Waals surface area contributed by atoms with Gasteiger partial charge in [0.15, 0.2) is 0 Å². The predicted octanol–water partition coefficient (Wildman–Crippen LogP) is 0.0831. The molecule has 0 saturated carbocycles. The van der Waals surface area contributed by atoms with Gasteiger partial charge in [-0.3, -0.25) is 9.78 Å². The van der Waals surface area contributed by atoms with E-state index < -0.39 is 6.16 Å². The Kier molecular flexibility index (Phi) is 7.99. The van der Waals surface area contributed by atoms with E-state index in [1.54, 1.807) is 0 Å². The summed E-state index contributed by atoms with van der Waals surface area (Å²) in [6.07, 6.45) is -1.55. The monoisotopic (exact) mass is 152 g/mol. The molecule has 0 aromatic rings. The van der Waals surface area contributed by atoms with Gasteiger partial charge < -0.3 is 0 Å². The van der Waals surface area contributed by atoms with Crippen molar-refractivity contribution >= 4 is 6.16 Å². The third-order valence-corrected chi connectivity index (χ3v) is 0.149. The zero-order valence-electron chi connectivity index (χ0n) is 2.94. The first-order chi connectivity index (χ1) is 2.81. The molecule has 0 aliphatic heterocycles. The maximum Gasteiger partial charge on any atom is 0.572 e. The van der Waals surface area contributed by atoms with E-state index in [2.05, 4.69) is 9.78 Å². The molecular formula is CH2NiO5. The van der Waals surface area contributed by atoms with Crippen LogP contribution in [0.3, 0.4) is 0 Å². The van der Waals surface area contributed by atoms with Crippen LogP contribution in [0, 0.1) is 0 Å². The SMILES string of the molecule is O=C(OO)OO.[Ni]. The summed E-state index contributed by atoms with van der Waals surface area (Å²) in [5.74, 6) is 0. The van der Waals surface area contributed by atoms with Crippen molar-refractivity contribution in [3.63, 3.8) is 0 Å². The van der Waals surface area contributed by atoms with Gasteiger partial charge in [-0.15, -0.1) is 0 Å². The summed E-state index contributed by atoms with van der Waals surface area (Å²) in [7, 11) is 0. The van der Waals surface area contributed by atoms with Crippen LogP contribution in [0.5, 0.6) is 0 Å². The Balaban J connectivity index is 0. The van der Waals surface area contributed by atoms with Gasteiger partial charge in [-0.1, -0.05) is 0 Å². The number of hydrogen-bond donors (Lipinski definition) is 2. The summed E-state index contributed by atoms with van der Waals surface area (Å²) in [6.45, 7) is 0. The summed E-state index contributed by atoms with van der Waals surface area (Å²) in [4.78, 5) is 14.8. The van der Waals surface area contributed by atoms with E-state index in [1.807, 2.05) is 0 Å². The van der Waals surface area contributed by atoms with Crippen molar-refractivity contribution < 1.29 is 41.6 Å². The molecule has 0 aromatic heterocycles. The van der Waals surface area contributed by atoms with Crippen molar-refractivity contribution in [2.24, 2.45) is 0 Å². The van der Waals surface area contributed by atoms with Crippen molar-refractivity contribution in [1.29, 1.82) is 0 Å². The standard InChI is InChI=1S/CH2O5.Ni/c2-1(5-3)6-4;/h3-4H;. The Hall–Kier alpha value is -0.316. The van der Waals surface area contributed by atoms with Crippen molar-refractivity contribution in [2.75, 3.05) is 0 Å². The van der Waals surface area contributed by atoms with E-state index in [0.717, 1.165) is 0 Å². The molecule has 0 saturated heterocycles. The first-order valence-corrected chi connectivity index (χ1v) is 0.978. The zero-order valence-corrected chi connectivity index (χ0v) is 3.92. The zero-order chi connectivity index (χ0) is 4.99. The fourth-order valence-electron chi connectivity index (χ4n) is 0.0167. The minimum Gasteiger partial charge on any atom is -0.260 e. The fraction of sp³-hybridized carbons (Fsp3) is 0. The summed E-state index contributed by atoms with van der Waals surface area (Å²) in [5.41, 5.74) is 0. The Bertz CT molecular complexity index is 46.0. The summed E-state index contributed by atoms with van der Waals surface area (Å²) < 4.78 is 0. The fourth-order valence-corrected chi connectivity index (χ4v) is 0.0167. The van der Waals surface area contributed by atoms with Crippen molar-refractivity contribution in [2.45, 2.75) is 0 Å². The van der Waals surface area contributed by atoms with Crippen LogP contribution in [0.2, 0.25) is 0 Å². The number of carbonyl (C=O) groups is 1. The molecule has 0 aliphatic carbocycles. The van der Waals surface area contributed by atoms with Gasteiger partial charge in [0.2, 0.25) is 0 Å². The van der Waals surface area contributed by atoms with E-state index in [4.69, 9.17) is 10.5 Å². The maximum atomic E-state index is 9.24. The molecule has 7 heavy (non-hydrogen) atoms. The smallest absolute Gasteiger partial charge is 0.260 e. The first kappa shape index (κ1) is 9.84. The number of hydrogen-bond acceptors (Lipinski definition) is 5. The summed E-state index contributed by atoms with van der Waals surface area (Å²) in [5, 5.41) is 14.4. The third-order valence-electron chi connectivity index (χ3n) is 0.149. The van der Waals surface area contributed by atoms with E-state index in [0.29, 0.717) is 0 Å². The topological polar surface area (TPSA) is 76.0 Å². The second kappa shape index (κ2) is 5.68.